The Balaban J connectivity index is 2.39. The second kappa shape index (κ2) is 7.64. The van der Waals surface area contributed by atoms with Gasteiger partial charge in [0.1, 0.15) is 11.5 Å². The number of aliphatic imine (C=N–C) groups is 1. The minimum atomic E-state index is -0.498. The Morgan fingerprint density at radius 3 is 2.62 bits per heavy atom. The summed E-state index contributed by atoms with van der Waals surface area (Å²) in [5.74, 6) is 0.884. The van der Waals surface area contributed by atoms with Crippen molar-refractivity contribution >= 4 is 18.0 Å². The van der Waals surface area contributed by atoms with Gasteiger partial charge in [0.05, 0.1) is 5.69 Å². The number of aryl methyl sites for hydroxylation is 1. The molecule has 0 heterocycles. The summed E-state index contributed by atoms with van der Waals surface area (Å²) in [6, 6.07) is 10.7. The Bertz CT molecular complexity index is 767. The average Bonchev–Trinajstić information content (AvgIpc) is 2.55. The van der Waals surface area contributed by atoms with Gasteiger partial charge in [-0.25, -0.2) is 4.79 Å². The van der Waals surface area contributed by atoms with Gasteiger partial charge in [-0.05, 0) is 48.2 Å². The Morgan fingerprint density at radius 2 is 2.00 bits per heavy atom. The molecule has 0 aliphatic rings. The SMILES string of the molecule is CNC(=O)Oc1cc(C)c(/N=C/c2ccccc2O)cc1C(C)C. The molecule has 2 rings (SSSR count). The lowest BCUT2D eigenvalue weighted by Gasteiger charge is -2.15. The van der Waals surface area contributed by atoms with Crippen molar-refractivity contribution < 1.29 is 14.6 Å². The number of benzene rings is 2. The largest absolute Gasteiger partial charge is 0.507 e. The highest BCUT2D eigenvalue weighted by molar-refractivity contribution is 5.85. The van der Waals surface area contributed by atoms with Crippen LogP contribution in [-0.4, -0.2) is 24.5 Å². The summed E-state index contributed by atoms with van der Waals surface area (Å²) in [4.78, 5) is 16.0. The number of carbonyl (C=O) groups excluding carboxylic acids is 1. The molecule has 0 fully saturated rings. The number of rotatable bonds is 4. The number of hydrogen-bond donors (Lipinski definition) is 2. The molecule has 24 heavy (non-hydrogen) atoms. The van der Waals surface area contributed by atoms with Gasteiger partial charge in [0.25, 0.3) is 0 Å². The molecule has 0 aliphatic heterocycles. The Kier molecular flexibility index (Phi) is 5.58. The molecular weight excluding hydrogens is 304 g/mol. The molecule has 0 radical (unpaired) electrons. The van der Waals surface area contributed by atoms with Gasteiger partial charge < -0.3 is 15.2 Å². The van der Waals surface area contributed by atoms with E-state index >= 15 is 0 Å². The van der Waals surface area contributed by atoms with Crippen molar-refractivity contribution in [2.45, 2.75) is 26.7 Å². The van der Waals surface area contributed by atoms with Gasteiger partial charge in [-0.15, -0.1) is 0 Å². The van der Waals surface area contributed by atoms with E-state index in [-0.39, 0.29) is 11.7 Å². The highest BCUT2D eigenvalue weighted by Crippen LogP contribution is 2.33. The molecule has 0 aromatic heterocycles. The monoisotopic (exact) mass is 326 g/mol. The van der Waals surface area contributed by atoms with Gasteiger partial charge in [0, 0.05) is 18.8 Å². The van der Waals surface area contributed by atoms with Crippen LogP contribution in [0.1, 0.15) is 36.5 Å². The molecule has 0 saturated carbocycles. The third kappa shape index (κ3) is 4.13. The summed E-state index contributed by atoms with van der Waals surface area (Å²) >= 11 is 0. The molecule has 5 heteroatoms. The number of aromatic hydroxyl groups is 1. The second-order valence-electron chi connectivity index (χ2n) is 5.79. The lowest BCUT2D eigenvalue weighted by molar-refractivity contribution is 0.202. The first-order valence-corrected chi connectivity index (χ1v) is 7.78. The molecule has 0 spiro atoms. The third-order valence-electron chi connectivity index (χ3n) is 3.64. The number of nitrogens with zero attached hydrogens (tertiary/aromatic N) is 1. The smallest absolute Gasteiger partial charge is 0.412 e. The molecule has 0 atom stereocenters. The number of ether oxygens (including phenoxy) is 1. The van der Waals surface area contributed by atoms with Crippen LogP contribution in [0.3, 0.4) is 0 Å². The van der Waals surface area contributed by atoms with Crippen LogP contribution in [-0.2, 0) is 0 Å². The van der Waals surface area contributed by atoms with E-state index in [1.54, 1.807) is 24.4 Å². The van der Waals surface area contributed by atoms with Crippen molar-refractivity contribution in [2.75, 3.05) is 7.05 Å². The van der Waals surface area contributed by atoms with Gasteiger partial charge in [-0.2, -0.15) is 0 Å². The third-order valence-corrected chi connectivity index (χ3v) is 3.64. The predicted octanol–water partition coefficient (Wildman–Crippen LogP) is 4.29. The number of phenolic OH excluding ortho intramolecular Hbond substituents is 1. The molecule has 0 bridgehead atoms. The van der Waals surface area contributed by atoms with Crippen molar-refractivity contribution in [1.82, 2.24) is 5.32 Å². The summed E-state index contributed by atoms with van der Waals surface area (Å²) in [5.41, 5.74) is 3.19. The standard InChI is InChI=1S/C19H22N2O3/c1-12(2)15-10-16(13(3)9-18(15)24-19(23)20-4)21-11-14-7-5-6-8-17(14)22/h5-12,22H,1-4H3,(H,20,23)/b21-11+. The van der Waals surface area contributed by atoms with Gasteiger partial charge in [0.2, 0.25) is 0 Å². The van der Waals surface area contributed by atoms with Crippen LogP contribution in [0.4, 0.5) is 10.5 Å². The molecule has 5 nitrogen and oxygen atoms in total. The fraction of sp³-hybridized carbons (Fsp3) is 0.263. The summed E-state index contributed by atoms with van der Waals surface area (Å²) in [6.45, 7) is 5.95. The Labute approximate surface area is 142 Å². The lowest BCUT2D eigenvalue weighted by Crippen LogP contribution is -2.22. The molecule has 2 aromatic carbocycles. The minimum absolute atomic E-state index is 0.171. The van der Waals surface area contributed by atoms with Crippen LogP contribution < -0.4 is 10.1 Å². The molecule has 0 unspecified atom stereocenters. The van der Waals surface area contributed by atoms with Gasteiger partial charge >= 0.3 is 6.09 Å². The van der Waals surface area contributed by atoms with Crippen LogP contribution in [0, 0.1) is 6.92 Å². The van der Waals surface area contributed by atoms with Crippen LogP contribution in [0.25, 0.3) is 0 Å². The van der Waals surface area contributed by atoms with Crippen LogP contribution >= 0.6 is 0 Å². The van der Waals surface area contributed by atoms with E-state index in [1.807, 2.05) is 39.0 Å². The van der Waals surface area contributed by atoms with Crippen molar-refractivity contribution in [3.8, 4) is 11.5 Å². The normalized spacial score (nSPS) is 11.0. The quantitative estimate of drug-likeness (QED) is 0.823. The zero-order chi connectivity index (χ0) is 17.7. The van der Waals surface area contributed by atoms with Crippen LogP contribution in [0.15, 0.2) is 41.4 Å². The van der Waals surface area contributed by atoms with Gasteiger partial charge in [0.15, 0.2) is 0 Å². The number of amides is 1. The van der Waals surface area contributed by atoms with Crippen molar-refractivity contribution in [1.29, 1.82) is 0 Å². The number of hydrogen-bond acceptors (Lipinski definition) is 4. The highest BCUT2D eigenvalue weighted by atomic mass is 16.6. The number of phenols is 1. The first kappa shape index (κ1) is 17.5. The Hall–Kier alpha value is -2.82. The molecule has 0 saturated heterocycles. The molecular formula is C19H22N2O3. The van der Waals surface area contributed by atoms with Crippen LogP contribution in [0.2, 0.25) is 0 Å². The first-order valence-electron chi connectivity index (χ1n) is 7.78. The number of para-hydroxylation sites is 1. The number of carbonyl (C=O) groups is 1. The van der Waals surface area contributed by atoms with Gasteiger partial charge in [-0.3, -0.25) is 4.99 Å². The summed E-state index contributed by atoms with van der Waals surface area (Å²) in [6.07, 6.45) is 1.13. The molecule has 2 N–H and O–H groups in total. The van der Waals surface area contributed by atoms with E-state index in [4.69, 9.17) is 4.74 Å². The van der Waals surface area contributed by atoms with E-state index in [9.17, 15) is 9.90 Å². The molecule has 1 amide bonds. The topological polar surface area (TPSA) is 70.9 Å². The maximum Gasteiger partial charge on any atom is 0.412 e. The molecule has 0 aliphatic carbocycles. The van der Waals surface area contributed by atoms with E-state index in [0.29, 0.717) is 11.3 Å². The predicted molar refractivity (Wildman–Crippen MR) is 95.7 cm³/mol. The maximum absolute atomic E-state index is 11.5. The zero-order valence-corrected chi connectivity index (χ0v) is 14.3. The van der Waals surface area contributed by atoms with Crippen molar-refractivity contribution in [3.05, 3.63) is 53.1 Å². The van der Waals surface area contributed by atoms with E-state index in [1.165, 1.54) is 7.05 Å². The van der Waals surface area contributed by atoms with E-state index < -0.39 is 6.09 Å². The van der Waals surface area contributed by atoms with E-state index in [2.05, 4.69) is 10.3 Å². The van der Waals surface area contributed by atoms with Gasteiger partial charge in [-0.1, -0.05) is 26.0 Å². The molecule has 126 valence electrons. The number of nitrogens with one attached hydrogen (secondary N) is 1. The lowest BCUT2D eigenvalue weighted by atomic mass is 9.99. The summed E-state index contributed by atoms with van der Waals surface area (Å²) in [7, 11) is 1.52. The first-order chi connectivity index (χ1) is 11.4. The summed E-state index contributed by atoms with van der Waals surface area (Å²) in [5, 5.41) is 12.3. The fourth-order valence-electron chi connectivity index (χ4n) is 2.25. The molecule has 2 aromatic rings. The fourth-order valence-corrected chi connectivity index (χ4v) is 2.25. The minimum Gasteiger partial charge on any atom is -0.507 e. The van der Waals surface area contributed by atoms with E-state index in [0.717, 1.165) is 16.8 Å². The second-order valence-corrected chi connectivity index (χ2v) is 5.79. The van der Waals surface area contributed by atoms with Crippen LogP contribution in [0.5, 0.6) is 11.5 Å². The maximum atomic E-state index is 11.5. The van der Waals surface area contributed by atoms with Crippen molar-refractivity contribution in [2.24, 2.45) is 4.99 Å². The zero-order valence-electron chi connectivity index (χ0n) is 14.3. The van der Waals surface area contributed by atoms with Crippen molar-refractivity contribution in [3.63, 3.8) is 0 Å². The summed E-state index contributed by atoms with van der Waals surface area (Å²) < 4.78 is 5.33. The highest BCUT2D eigenvalue weighted by Gasteiger charge is 2.14. The average molecular weight is 326 g/mol. The Morgan fingerprint density at radius 1 is 1.29 bits per heavy atom.